The number of carbonyl (C=O) groups is 2. The van der Waals surface area contributed by atoms with E-state index in [4.69, 9.17) is 9.47 Å². The molecule has 1 aromatic carbocycles. The van der Waals surface area contributed by atoms with Gasteiger partial charge in [0.2, 0.25) is 0 Å². The number of rotatable bonds is 7. The van der Waals surface area contributed by atoms with E-state index in [0.717, 1.165) is 50.7 Å². The molecule has 2 aliphatic rings. The first-order valence-corrected chi connectivity index (χ1v) is 11.0. The van der Waals surface area contributed by atoms with E-state index in [-0.39, 0.29) is 24.5 Å². The van der Waals surface area contributed by atoms with E-state index >= 15 is 0 Å². The van der Waals surface area contributed by atoms with Crippen LogP contribution < -0.4 is 15.4 Å². The van der Waals surface area contributed by atoms with Crippen LogP contribution in [-0.4, -0.2) is 37.7 Å². The highest BCUT2D eigenvalue weighted by atomic mass is 32.1. The Balaban J connectivity index is 1.44. The second kappa shape index (κ2) is 9.41. The summed E-state index contributed by atoms with van der Waals surface area (Å²) < 4.78 is 11.1. The third kappa shape index (κ3) is 4.97. The molecule has 29 heavy (non-hydrogen) atoms. The summed E-state index contributed by atoms with van der Waals surface area (Å²) in [4.78, 5) is 26.6. The first-order chi connectivity index (χ1) is 14.2. The van der Waals surface area contributed by atoms with E-state index in [1.54, 1.807) is 12.1 Å². The molecule has 1 saturated heterocycles. The zero-order valence-electron chi connectivity index (χ0n) is 16.4. The van der Waals surface area contributed by atoms with Crippen molar-refractivity contribution in [3.8, 4) is 5.75 Å². The summed E-state index contributed by atoms with van der Waals surface area (Å²) in [6.07, 6.45) is 6.13. The number of ether oxygens (including phenoxy) is 2. The number of carbonyl (C=O) groups excluding carboxylic acids is 2. The van der Waals surface area contributed by atoms with Crippen LogP contribution in [0.15, 0.2) is 30.3 Å². The molecule has 0 saturated carbocycles. The summed E-state index contributed by atoms with van der Waals surface area (Å²) >= 11 is 1.52. The number of hydrogen-bond acceptors (Lipinski definition) is 5. The lowest BCUT2D eigenvalue weighted by atomic mass is 9.95. The Bertz CT molecular complexity index is 859. The summed E-state index contributed by atoms with van der Waals surface area (Å²) in [5, 5.41) is 6.55. The Hall–Kier alpha value is -2.38. The summed E-state index contributed by atoms with van der Waals surface area (Å²) in [5.41, 5.74) is 1.71. The van der Waals surface area contributed by atoms with Crippen LogP contribution in [0.5, 0.6) is 5.75 Å². The number of benzene rings is 1. The zero-order valence-corrected chi connectivity index (χ0v) is 17.2. The highest BCUT2D eigenvalue weighted by molar-refractivity contribution is 7.17. The minimum absolute atomic E-state index is 0.0886. The van der Waals surface area contributed by atoms with E-state index in [2.05, 4.69) is 10.6 Å². The Morgan fingerprint density at radius 3 is 2.76 bits per heavy atom. The molecule has 1 atom stereocenters. The summed E-state index contributed by atoms with van der Waals surface area (Å²) in [6, 6.07) is 9.22. The molecule has 1 aliphatic heterocycles. The monoisotopic (exact) mass is 414 g/mol. The molecule has 0 spiro atoms. The van der Waals surface area contributed by atoms with Gasteiger partial charge in [0.1, 0.15) is 10.8 Å². The molecule has 0 unspecified atom stereocenters. The van der Waals surface area contributed by atoms with Gasteiger partial charge in [-0.25, -0.2) is 0 Å². The molecule has 7 heteroatoms. The maximum absolute atomic E-state index is 13.0. The Kier molecular flexibility index (Phi) is 6.46. The van der Waals surface area contributed by atoms with E-state index < -0.39 is 0 Å². The Labute approximate surface area is 174 Å². The van der Waals surface area contributed by atoms with Crippen LogP contribution in [0.1, 0.15) is 46.5 Å². The average Bonchev–Trinajstić information content (AvgIpc) is 3.38. The number of nitrogens with one attached hydrogen (secondary N) is 2. The fourth-order valence-electron chi connectivity index (χ4n) is 3.82. The molecule has 6 nitrogen and oxygen atoms in total. The van der Waals surface area contributed by atoms with Crippen LogP contribution in [0.3, 0.4) is 0 Å². The molecular formula is C22H26N2O4S. The first kappa shape index (κ1) is 19.9. The highest BCUT2D eigenvalue weighted by Gasteiger charge is 2.27. The lowest BCUT2D eigenvalue weighted by Crippen LogP contribution is -2.33. The lowest BCUT2D eigenvalue weighted by Gasteiger charge is -2.15. The topological polar surface area (TPSA) is 76.7 Å². The number of fused-ring (bicyclic) bond motifs is 1. The van der Waals surface area contributed by atoms with Gasteiger partial charge in [0.15, 0.2) is 6.61 Å². The van der Waals surface area contributed by atoms with Gasteiger partial charge in [0.05, 0.1) is 11.7 Å². The Morgan fingerprint density at radius 1 is 1.14 bits per heavy atom. The SMILES string of the molecule is O=C(COc1ccccc1)Nc1sc2c(c1C(=O)NC[C@H]1CCCO1)CCCC2. The van der Waals surface area contributed by atoms with Crippen molar-refractivity contribution in [3.63, 3.8) is 0 Å². The average molecular weight is 415 g/mol. The number of anilines is 1. The maximum Gasteiger partial charge on any atom is 0.262 e. The zero-order chi connectivity index (χ0) is 20.1. The van der Waals surface area contributed by atoms with Gasteiger partial charge in [0, 0.05) is 18.0 Å². The first-order valence-electron chi connectivity index (χ1n) is 10.2. The van der Waals surface area contributed by atoms with E-state index in [1.165, 1.54) is 16.2 Å². The van der Waals surface area contributed by atoms with Crippen LogP contribution in [0, 0.1) is 0 Å². The summed E-state index contributed by atoms with van der Waals surface area (Å²) in [5.74, 6) is 0.252. The third-order valence-corrected chi connectivity index (χ3v) is 6.49. The van der Waals surface area contributed by atoms with Gasteiger partial charge in [-0.1, -0.05) is 18.2 Å². The van der Waals surface area contributed by atoms with Gasteiger partial charge in [-0.2, -0.15) is 0 Å². The summed E-state index contributed by atoms with van der Waals surface area (Å²) in [6.45, 7) is 1.18. The minimum Gasteiger partial charge on any atom is -0.484 e. The van der Waals surface area contributed by atoms with Gasteiger partial charge in [-0.05, 0) is 56.2 Å². The molecule has 2 N–H and O–H groups in total. The number of para-hydroxylation sites is 1. The molecule has 154 valence electrons. The predicted octanol–water partition coefficient (Wildman–Crippen LogP) is 3.55. The molecule has 0 radical (unpaired) electrons. The quantitative estimate of drug-likeness (QED) is 0.726. The van der Waals surface area contributed by atoms with Crippen molar-refractivity contribution in [1.82, 2.24) is 5.32 Å². The van der Waals surface area contributed by atoms with Crippen molar-refractivity contribution in [2.24, 2.45) is 0 Å². The maximum atomic E-state index is 13.0. The van der Waals surface area contributed by atoms with Crippen LogP contribution in [0.2, 0.25) is 0 Å². The molecule has 1 fully saturated rings. The van der Waals surface area contributed by atoms with E-state index in [9.17, 15) is 9.59 Å². The molecule has 2 amide bonds. The van der Waals surface area contributed by atoms with Crippen molar-refractivity contribution in [1.29, 1.82) is 0 Å². The fourth-order valence-corrected chi connectivity index (χ4v) is 5.13. The predicted molar refractivity (Wildman–Crippen MR) is 113 cm³/mol. The standard InChI is InChI=1S/C22H26N2O4S/c25-19(14-28-15-7-2-1-3-8-15)24-22-20(17-10-4-5-11-18(17)29-22)21(26)23-13-16-9-6-12-27-16/h1-3,7-8,16H,4-6,9-14H2,(H,23,26)(H,24,25)/t16-/m1/s1. The van der Waals surface area contributed by atoms with Crippen LogP contribution >= 0.6 is 11.3 Å². The van der Waals surface area contributed by atoms with Crippen LogP contribution in [-0.2, 0) is 22.4 Å². The lowest BCUT2D eigenvalue weighted by molar-refractivity contribution is -0.118. The van der Waals surface area contributed by atoms with Gasteiger partial charge in [0.25, 0.3) is 11.8 Å². The molecule has 1 aromatic heterocycles. The molecule has 2 aromatic rings. The summed E-state index contributed by atoms with van der Waals surface area (Å²) in [7, 11) is 0. The molecule has 2 heterocycles. The largest absolute Gasteiger partial charge is 0.484 e. The van der Waals surface area contributed by atoms with Gasteiger partial charge >= 0.3 is 0 Å². The smallest absolute Gasteiger partial charge is 0.262 e. The molecule has 4 rings (SSSR count). The van der Waals surface area contributed by atoms with Gasteiger partial charge < -0.3 is 20.1 Å². The second-order valence-corrected chi connectivity index (χ2v) is 8.52. The van der Waals surface area contributed by atoms with Gasteiger partial charge in [-0.15, -0.1) is 11.3 Å². The van der Waals surface area contributed by atoms with Gasteiger partial charge in [-0.3, -0.25) is 9.59 Å². The highest BCUT2D eigenvalue weighted by Crippen LogP contribution is 2.38. The van der Waals surface area contributed by atoms with E-state index in [0.29, 0.717) is 22.9 Å². The second-order valence-electron chi connectivity index (χ2n) is 7.41. The minimum atomic E-state index is -0.263. The van der Waals surface area contributed by atoms with Crippen molar-refractivity contribution in [2.75, 3.05) is 25.1 Å². The Morgan fingerprint density at radius 2 is 1.97 bits per heavy atom. The van der Waals surface area contributed by atoms with Crippen molar-refractivity contribution in [3.05, 3.63) is 46.3 Å². The fraction of sp³-hybridized carbons (Fsp3) is 0.455. The third-order valence-electron chi connectivity index (χ3n) is 5.28. The van der Waals surface area contributed by atoms with Crippen LogP contribution in [0.25, 0.3) is 0 Å². The molecular weight excluding hydrogens is 388 g/mol. The van der Waals surface area contributed by atoms with Crippen molar-refractivity contribution in [2.45, 2.75) is 44.6 Å². The number of aryl methyl sites for hydroxylation is 1. The number of thiophene rings is 1. The number of hydrogen-bond donors (Lipinski definition) is 2. The molecule has 1 aliphatic carbocycles. The van der Waals surface area contributed by atoms with Crippen molar-refractivity contribution >= 4 is 28.2 Å². The molecule has 0 bridgehead atoms. The number of amides is 2. The van der Waals surface area contributed by atoms with E-state index in [1.807, 2.05) is 18.2 Å². The van der Waals surface area contributed by atoms with Crippen LogP contribution in [0.4, 0.5) is 5.00 Å². The normalized spacial score (nSPS) is 18.1. The van der Waals surface area contributed by atoms with Crippen molar-refractivity contribution < 1.29 is 19.1 Å².